The lowest BCUT2D eigenvalue weighted by atomic mass is 9.96. The van der Waals surface area contributed by atoms with E-state index in [1.54, 1.807) is 30.7 Å². The fourth-order valence-corrected chi connectivity index (χ4v) is 2.79. The number of aryl methyl sites for hydroxylation is 1. The van der Waals surface area contributed by atoms with Crippen molar-refractivity contribution in [2.45, 2.75) is 32.2 Å². The van der Waals surface area contributed by atoms with Gasteiger partial charge in [-0.1, -0.05) is 18.2 Å². The first-order valence-corrected chi connectivity index (χ1v) is 7.23. The molecular formula is C16H23N3O2. The van der Waals surface area contributed by atoms with Crippen LogP contribution in [-0.4, -0.2) is 47.3 Å². The second-order valence-electron chi connectivity index (χ2n) is 6.03. The summed E-state index contributed by atoms with van der Waals surface area (Å²) in [5.41, 5.74) is 6.81. The Morgan fingerprint density at radius 3 is 2.62 bits per heavy atom. The van der Waals surface area contributed by atoms with Gasteiger partial charge in [-0.2, -0.15) is 0 Å². The molecule has 1 fully saturated rings. The van der Waals surface area contributed by atoms with E-state index in [1.807, 2.05) is 24.3 Å². The predicted molar refractivity (Wildman–Crippen MR) is 82.6 cm³/mol. The minimum Gasteiger partial charge on any atom is -0.399 e. The van der Waals surface area contributed by atoms with E-state index < -0.39 is 5.54 Å². The topological polar surface area (TPSA) is 66.6 Å². The maximum Gasteiger partial charge on any atom is 0.247 e. The Labute approximate surface area is 125 Å². The largest absolute Gasteiger partial charge is 0.399 e. The van der Waals surface area contributed by atoms with Crippen molar-refractivity contribution in [2.75, 3.05) is 25.9 Å². The summed E-state index contributed by atoms with van der Waals surface area (Å²) in [7, 11) is 1.77. The number of anilines is 1. The third-order valence-corrected chi connectivity index (χ3v) is 4.17. The Hall–Kier alpha value is -2.04. The zero-order valence-corrected chi connectivity index (χ0v) is 12.9. The van der Waals surface area contributed by atoms with Gasteiger partial charge < -0.3 is 15.5 Å². The van der Waals surface area contributed by atoms with E-state index >= 15 is 0 Å². The summed E-state index contributed by atoms with van der Waals surface area (Å²) in [6, 6.07) is 7.56. The molecule has 2 amide bonds. The van der Waals surface area contributed by atoms with E-state index in [0.717, 1.165) is 5.56 Å². The molecule has 0 aliphatic carbocycles. The van der Waals surface area contributed by atoms with Crippen molar-refractivity contribution in [3.8, 4) is 0 Å². The van der Waals surface area contributed by atoms with Gasteiger partial charge >= 0.3 is 0 Å². The molecule has 0 bridgehead atoms. The molecule has 0 saturated carbocycles. The average Bonchev–Trinajstić information content (AvgIpc) is 2.44. The third-order valence-electron chi connectivity index (χ3n) is 4.17. The number of amides is 2. The lowest BCUT2D eigenvalue weighted by Gasteiger charge is -2.44. The number of likely N-dealkylation sites (N-methyl/N-ethyl adjacent to an activating group) is 1. The van der Waals surface area contributed by atoms with Crippen molar-refractivity contribution >= 4 is 17.5 Å². The van der Waals surface area contributed by atoms with E-state index in [1.165, 1.54) is 0 Å². The first-order valence-electron chi connectivity index (χ1n) is 7.23. The molecule has 1 aliphatic rings. The molecular weight excluding hydrogens is 266 g/mol. The number of nitrogens with zero attached hydrogens (tertiary/aromatic N) is 2. The number of para-hydroxylation sites is 1. The number of nitrogens with two attached hydrogens (primary N) is 1. The minimum atomic E-state index is -0.772. The van der Waals surface area contributed by atoms with Gasteiger partial charge in [0.15, 0.2) is 0 Å². The highest BCUT2D eigenvalue weighted by atomic mass is 16.2. The predicted octanol–water partition coefficient (Wildman–Crippen LogP) is 1.28. The van der Waals surface area contributed by atoms with Crippen molar-refractivity contribution in [3.05, 3.63) is 29.8 Å². The Balaban J connectivity index is 2.04. The van der Waals surface area contributed by atoms with Gasteiger partial charge in [-0.3, -0.25) is 9.59 Å². The molecule has 0 atom stereocenters. The molecule has 2 N–H and O–H groups in total. The highest BCUT2D eigenvalue weighted by Gasteiger charge is 2.42. The maximum atomic E-state index is 12.5. The average molecular weight is 289 g/mol. The van der Waals surface area contributed by atoms with Gasteiger partial charge in [-0.25, -0.2) is 0 Å². The number of hydrogen-bond donors (Lipinski definition) is 1. The van der Waals surface area contributed by atoms with E-state index in [9.17, 15) is 9.59 Å². The number of piperazine rings is 1. The first-order chi connectivity index (χ1) is 9.84. The summed E-state index contributed by atoms with van der Waals surface area (Å²) in [4.78, 5) is 28.0. The Bertz CT molecular complexity index is 554. The SMILES string of the molecule is CN1CCN(C(=O)CCc2ccccc2N)C(C)(C)C1=O. The van der Waals surface area contributed by atoms with Crippen LogP contribution in [-0.2, 0) is 16.0 Å². The number of nitrogen functional groups attached to an aromatic ring is 1. The smallest absolute Gasteiger partial charge is 0.247 e. The highest BCUT2D eigenvalue weighted by molar-refractivity contribution is 5.91. The van der Waals surface area contributed by atoms with Crippen LogP contribution in [0, 0.1) is 0 Å². The molecule has 1 aromatic rings. The quantitative estimate of drug-likeness (QED) is 0.852. The standard InChI is InChI=1S/C16H23N3O2/c1-16(2)15(21)18(3)10-11-19(16)14(20)9-8-12-6-4-5-7-13(12)17/h4-7H,8-11,17H2,1-3H3. The summed E-state index contributed by atoms with van der Waals surface area (Å²) in [5.74, 6) is -0.00831. The molecule has 0 radical (unpaired) electrons. The summed E-state index contributed by atoms with van der Waals surface area (Å²) < 4.78 is 0. The van der Waals surface area contributed by atoms with Crippen LogP contribution in [0.2, 0.25) is 0 Å². The minimum absolute atomic E-state index is 0.00435. The second-order valence-corrected chi connectivity index (χ2v) is 6.03. The molecule has 5 heteroatoms. The van der Waals surface area contributed by atoms with Gasteiger partial charge in [-0.05, 0) is 31.9 Å². The number of carbonyl (C=O) groups excluding carboxylic acids is 2. The van der Waals surface area contributed by atoms with E-state index in [-0.39, 0.29) is 11.8 Å². The number of carbonyl (C=O) groups is 2. The van der Waals surface area contributed by atoms with Gasteiger partial charge in [0.1, 0.15) is 5.54 Å². The van der Waals surface area contributed by atoms with Gasteiger partial charge in [0, 0.05) is 32.2 Å². The molecule has 1 aromatic carbocycles. The van der Waals surface area contributed by atoms with Crippen LogP contribution in [0.3, 0.4) is 0 Å². The van der Waals surface area contributed by atoms with Gasteiger partial charge in [0.25, 0.3) is 0 Å². The zero-order chi connectivity index (χ0) is 15.6. The molecule has 1 heterocycles. The van der Waals surface area contributed by atoms with Crippen molar-refractivity contribution in [2.24, 2.45) is 0 Å². The van der Waals surface area contributed by atoms with Crippen LogP contribution < -0.4 is 5.73 Å². The summed E-state index contributed by atoms with van der Waals surface area (Å²) >= 11 is 0. The van der Waals surface area contributed by atoms with E-state index in [2.05, 4.69) is 0 Å². The van der Waals surface area contributed by atoms with Crippen LogP contribution in [0.15, 0.2) is 24.3 Å². The fraction of sp³-hybridized carbons (Fsp3) is 0.500. The number of hydrogen-bond acceptors (Lipinski definition) is 3. The fourth-order valence-electron chi connectivity index (χ4n) is 2.79. The van der Waals surface area contributed by atoms with E-state index in [0.29, 0.717) is 31.6 Å². The molecule has 0 aromatic heterocycles. The van der Waals surface area contributed by atoms with Crippen molar-refractivity contribution < 1.29 is 9.59 Å². The first kappa shape index (κ1) is 15.4. The van der Waals surface area contributed by atoms with E-state index in [4.69, 9.17) is 5.73 Å². The Morgan fingerprint density at radius 1 is 1.29 bits per heavy atom. The van der Waals surface area contributed by atoms with Crippen molar-refractivity contribution in [3.63, 3.8) is 0 Å². The van der Waals surface area contributed by atoms with Crippen molar-refractivity contribution in [1.29, 1.82) is 0 Å². The molecule has 5 nitrogen and oxygen atoms in total. The van der Waals surface area contributed by atoms with Crippen LogP contribution in [0.1, 0.15) is 25.8 Å². The maximum absolute atomic E-state index is 12.5. The number of rotatable bonds is 3. The molecule has 0 unspecified atom stereocenters. The summed E-state index contributed by atoms with van der Waals surface area (Å²) in [6.45, 7) is 4.78. The monoisotopic (exact) mass is 289 g/mol. The molecule has 1 saturated heterocycles. The third kappa shape index (κ3) is 3.01. The van der Waals surface area contributed by atoms with Gasteiger partial charge in [-0.15, -0.1) is 0 Å². The molecule has 2 rings (SSSR count). The van der Waals surface area contributed by atoms with Gasteiger partial charge in [0.05, 0.1) is 0 Å². The lowest BCUT2D eigenvalue weighted by Crippen LogP contribution is -2.63. The van der Waals surface area contributed by atoms with Crippen LogP contribution >= 0.6 is 0 Å². The summed E-state index contributed by atoms with van der Waals surface area (Å²) in [5, 5.41) is 0. The molecule has 0 spiro atoms. The van der Waals surface area contributed by atoms with Crippen LogP contribution in [0.25, 0.3) is 0 Å². The van der Waals surface area contributed by atoms with Crippen molar-refractivity contribution in [1.82, 2.24) is 9.80 Å². The number of benzene rings is 1. The zero-order valence-electron chi connectivity index (χ0n) is 12.9. The van der Waals surface area contributed by atoms with Crippen LogP contribution in [0.5, 0.6) is 0 Å². The molecule has 1 aliphatic heterocycles. The molecule has 114 valence electrons. The molecule has 21 heavy (non-hydrogen) atoms. The lowest BCUT2D eigenvalue weighted by molar-refractivity contribution is -0.157. The van der Waals surface area contributed by atoms with Crippen LogP contribution in [0.4, 0.5) is 5.69 Å². The Morgan fingerprint density at radius 2 is 1.95 bits per heavy atom. The highest BCUT2D eigenvalue weighted by Crippen LogP contribution is 2.23. The normalized spacial score (nSPS) is 18.0. The Kier molecular flexibility index (Phi) is 4.21. The van der Waals surface area contributed by atoms with Gasteiger partial charge in [0.2, 0.25) is 11.8 Å². The second kappa shape index (κ2) is 5.76. The summed E-state index contributed by atoms with van der Waals surface area (Å²) in [6.07, 6.45) is 0.969.